The van der Waals surface area contributed by atoms with Gasteiger partial charge in [-0.05, 0) is 77.0 Å². The molecule has 0 heterocycles. The van der Waals surface area contributed by atoms with Crippen LogP contribution in [0, 0.1) is 0 Å². The van der Waals surface area contributed by atoms with Crippen LogP contribution in [0.15, 0.2) is 36.5 Å². The highest BCUT2D eigenvalue weighted by Crippen LogP contribution is 2.18. The van der Waals surface area contributed by atoms with Crippen LogP contribution in [0.3, 0.4) is 0 Å². The van der Waals surface area contributed by atoms with E-state index in [4.69, 9.17) is 14.2 Å². The normalized spacial score (nSPS) is 12.2. The van der Waals surface area contributed by atoms with Gasteiger partial charge in [0, 0.05) is 19.3 Å². The SMILES string of the molecule is CCCCCCC/C=C\C/C=C\CCCCCCCCCCCCCCCCCCCC(=O)OCC(COC(=O)CCCCCCCCCCCCCCC)OC(=O)CCCCCCCCC/C=C\CCCCCCCC. The Hall–Kier alpha value is -2.37. The zero-order valence-electron chi connectivity index (χ0n) is 52.0. The second-order valence-electron chi connectivity index (χ2n) is 23.4. The van der Waals surface area contributed by atoms with Crippen LogP contribution in [0.25, 0.3) is 0 Å². The van der Waals surface area contributed by atoms with Gasteiger partial charge in [0.05, 0.1) is 0 Å². The molecule has 0 aliphatic carbocycles. The van der Waals surface area contributed by atoms with Gasteiger partial charge in [-0.2, -0.15) is 0 Å². The first-order valence-electron chi connectivity index (χ1n) is 34.5. The fourth-order valence-electron chi connectivity index (χ4n) is 10.4. The summed E-state index contributed by atoms with van der Waals surface area (Å²) in [5.41, 5.74) is 0. The Bertz CT molecular complexity index is 1290. The van der Waals surface area contributed by atoms with E-state index in [1.165, 1.54) is 276 Å². The van der Waals surface area contributed by atoms with Gasteiger partial charge < -0.3 is 14.2 Å². The maximum atomic E-state index is 12.9. The van der Waals surface area contributed by atoms with Crippen molar-refractivity contribution in [2.75, 3.05) is 13.2 Å². The number of hydrogen-bond donors (Lipinski definition) is 0. The second-order valence-corrected chi connectivity index (χ2v) is 23.4. The van der Waals surface area contributed by atoms with E-state index in [2.05, 4.69) is 57.2 Å². The Labute approximate surface area is 480 Å². The third kappa shape index (κ3) is 64.3. The van der Waals surface area contributed by atoms with Crippen LogP contribution < -0.4 is 0 Å². The number of allylic oxidation sites excluding steroid dienone is 6. The number of rotatable bonds is 64. The molecule has 0 bridgehead atoms. The number of unbranched alkanes of at least 4 members (excludes halogenated alkanes) is 47. The highest BCUT2D eigenvalue weighted by molar-refractivity contribution is 5.71. The van der Waals surface area contributed by atoms with Crippen molar-refractivity contribution in [1.29, 1.82) is 0 Å². The molecule has 0 aromatic rings. The first-order chi connectivity index (χ1) is 38.0. The first-order valence-corrected chi connectivity index (χ1v) is 34.5. The van der Waals surface area contributed by atoms with Crippen molar-refractivity contribution in [2.24, 2.45) is 0 Å². The van der Waals surface area contributed by atoms with Crippen LogP contribution in [0.5, 0.6) is 0 Å². The van der Waals surface area contributed by atoms with Crippen molar-refractivity contribution in [2.45, 2.75) is 386 Å². The summed E-state index contributed by atoms with van der Waals surface area (Å²) < 4.78 is 17.0. The summed E-state index contributed by atoms with van der Waals surface area (Å²) in [6.45, 7) is 6.69. The van der Waals surface area contributed by atoms with Crippen molar-refractivity contribution in [1.82, 2.24) is 0 Å². The quantitative estimate of drug-likeness (QED) is 0.0261. The fraction of sp³-hybridized carbons (Fsp3) is 0.873. The predicted molar refractivity (Wildman–Crippen MR) is 335 cm³/mol. The molecule has 6 nitrogen and oxygen atoms in total. The number of esters is 3. The van der Waals surface area contributed by atoms with E-state index in [0.717, 1.165) is 64.2 Å². The van der Waals surface area contributed by atoms with E-state index in [-0.39, 0.29) is 31.1 Å². The van der Waals surface area contributed by atoms with E-state index in [9.17, 15) is 14.4 Å². The summed E-state index contributed by atoms with van der Waals surface area (Å²) in [6, 6.07) is 0. The van der Waals surface area contributed by atoms with Crippen LogP contribution in [0.1, 0.15) is 380 Å². The van der Waals surface area contributed by atoms with E-state index in [1.807, 2.05) is 0 Å². The predicted octanol–water partition coefficient (Wildman–Crippen LogP) is 23.6. The maximum absolute atomic E-state index is 12.9. The van der Waals surface area contributed by atoms with Crippen molar-refractivity contribution in [3.8, 4) is 0 Å². The number of carbonyl (C=O) groups is 3. The Kier molecular flexibility index (Phi) is 64.1. The lowest BCUT2D eigenvalue weighted by Gasteiger charge is -2.18. The molecule has 0 N–H and O–H groups in total. The van der Waals surface area contributed by atoms with Gasteiger partial charge >= 0.3 is 17.9 Å². The van der Waals surface area contributed by atoms with Crippen LogP contribution in [-0.2, 0) is 28.6 Å². The summed E-state index contributed by atoms with van der Waals surface area (Å²) in [6.07, 6.45) is 81.7. The summed E-state index contributed by atoms with van der Waals surface area (Å²) in [5.74, 6) is -0.845. The van der Waals surface area contributed by atoms with Crippen LogP contribution in [0.4, 0.5) is 0 Å². The lowest BCUT2D eigenvalue weighted by molar-refractivity contribution is -0.167. The highest BCUT2D eigenvalue weighted by Gasteiger charge is 2.19. The summed E-state index contributed by atoms with van der Waals surface area (Å²) in [7, 11) is 0. The van der Waals surface area contributed by atoms with Gasteiger partial charge in [-0.15, -0.1) is 0 Å². The molecule has 0 amide bonds. The van der Waals surface area contributed by atoms with E-state index >= 15 is 0 Å². The zero-order valence-corrected chi connectivity index (χ0v) is 52.0. The second kappa shape index (κ2) is 66.1. The topological polar surface area (TPSA) is 78.9 Å². The monoisotopic (exact) mass is 1080 g/mol. The molecule has 77 heavy (non-hydrogen) atoms. The molecule has 1 atom stereocenters. The minimum Gasteiger partial charge on any atom is -0.462 e. The van der Waals surface area contributed by atoms with Crippen molar-refractivity contribution in [3.63, 3.8) is 0 Å². The largest absolute Gasteiger partial charge is 0.462 e. The molecular formula is C71H132O6. The number of carbonyl (C=O) groups excluding carboxylic acids is 3. The van der Waals surface area contributed by atoms with Crippen LogP contribution in [0.2, 0.25) is 0 Å². The molecule has 0 rings (SSSR count). The van der Waals surface area contributed by atoms with Gasteiger partial charge in [-0.1, -0.05) is 320 Å². The first kappa shape index (κ1) is 74.6. The molecule has 0 spiro atoms. The summed E-state index contributed by atoms with van der Waals surface area (Å²) in [4.78, 5) is 38.3. The van der Waals surface area contributed by atoms with Gasteiger partial charge in [0.15, 0.2) is 6.10 Å². The molecule has 0 radical (unpaired) electrons. The number of ether oxygens (including phenoxy) is 3. The van der Waals surface area contributed by atoms with Gasteiger partial charge in [-0.25, -0.2) is 0 Å². The van der Waals surface area contributed by atoms with Gasteiger partial charge in [0.1, 0.15) is 13.2 Å². The molecule has 6 heteroatoms. The van der Waals surface area contributed by atoms with Crippen molar-refractivity contribution in [3.05, 3.63) is 36.5 Å². The molecule has 0 aliphatic rings. The van der Waals surface area contributed by atoms with Gasteiger partial charge in [0.2, 0.25) is 0 Å². The molecule has 0 aromatic carbocycles. The average molecular weight is 1080 g/mol. The van der Waals surface area contributed by atoms with Crippen LogP contribution >= 0.6 is 0 Å². The molecular weight excluding hydrogens is 949 g/mol. The van der Waals surface area contributed by atoms with E-state index in [0.29, 0.717) is 19.3 Å². The molecule has 1 unspecified atom stereocenters. The standard InChI is InChI=1S/C71H132O6/c1-4-7-10-13-16-19-22-25-27-29-30-31-32-33-34-35-36-37-38-39-40-42-43-46-49-52-55-58-61-64-70(73)76-67-68(66-75-69(72)63-60-57-54-51-48-45-24-21-18-15-12-9-6-3)77-71(74)65-62-59-56-53-50-47-44-41-28-26-23-20-17-14-11-8-5-2/h22,25-26,28-30,68H,4-21,23-24,27,31-67H2,1-3H3/b25-22-,28-26-,30-29-. The number of hydrogen-bond acceptors (Lipinski definition) is 6. The Morgan fingerprint density at radius 1 is 0.260 bits per heavy atom. The smallest absolute Gasteiger partial charge is 0.306 e. The van der Waals surface area contributed by atoms with Crippen molar-refractivity contribution >= 4 is 17.9 Å². The minimum atomic E-state index is -0.771. The minimum absolute atomic E-state index is 0.0681. The molecule has 0 aliphatic heterocycles. The lowest BCUT2D eigenvalue weighted by atomic mass is 10.0. The maximum Gasteiger partial charge on any atom is 0.306 e. The molecule has 0 aromatic heterocycles. The third-order valence-corrected chi connectivity index (χ3v) is 15.6. The molecule has 0 saturated carbocycles. The Balaban J connectivity index is 4.18. The van der Waals surface area contributed by atoms with E-state index < -0.39 is 6.10 Å². The average Bonchev–Trinajstić information content (AvgIpc) is 3.43. The summed E-state index contributed by atoms with van der Waals surface area (Å²) >= 11 is 0. The fourth-order valence-corrected chi connectivity index (χ4v) is 10.4. The van der Waals surface area contributed by atoms with Gasteiger partial charge in [-0.3, -0.25) is 14.4 Å². The lowest BCUT2D eigenvalue weighted by Crippen LogP contribution is -2.30. The van der Waals surface area contributed by atoms with Crippen molar-refractivity contribution < 1.29 is 28.6 Å². The molecule has 0 saturated heterocycles. The zero-order chi connectivity index (χ0) is 55.7. The molecule has 452 valence electrons. The van der Waals surface area contributed by atoms with Crippen LogP contribution in [-0.4, -0.2) is 37.2 Å². The highest BCUT2D eigenvalue weighted by atomic mass is 16.6. The summed E-state index contributed by atoms with van der Waals surface area (Å²) in [5, 5.41) is 0. The Morgan fingerprint density at radius 2 is 0.468 bits per heavy atom. The third-order valence-electron chi connectivity index (χ3n) is 15.6. The van der Waals surface area contributed by atoms with Gasteiger partial charge in [0.25, 0.3) is 0 Å². The Morgan fingerprint density at radius 3 is 0.727 bits per heavy atom. The molecule has 0 fully saturated rings. The van der Waals surface area contributed by atoms with E-state index in [1.54, 1.807) is 0 Å².